The Hall–Kier alpha value is -2.54. The normalized spacial score (nSPS) is 24.9. The maximum absolute atomic E-state index is 12.8. The van der Waals surface area contributed by atoms with Crippen molar-refractivity contribution in [1.29, 1.82) is 0 Å². The third kappa shape index (κ3) is 7.36. The van der Waals surface area contributed by atoms with Crippen LogP contribution in [0, 0.1) is 0 Å². The maximum Gasteiger partial charge on any atom is 0.410 e. The van der Waals surface area contributed by atoms with Gasteiger partial charge in [0, 0.05) is 54.8 Å². The van der Waals surface area contributed by atoms with Gasteiger partial charge in [-0.2, -0.15) is 4.31 Å². The lowest BCUT2D eigenvalue weighted by Gasteiger charge is -2.37. The average molecular weight is 564 g/mol. The third-order valence-electron chi connectivity index (χ3n) is 7.52. The summed E-state index contributed by atoms with van der Waals surface area (Å²) in [5, 5.41) is 25.4. The quantitative estimate of drug-likeness (QED) is 0.463. The fraction of sp³-hybridized carbons (Fsp3) is 0.667. The number of carbonyl (C=O) groups excluding carboxylic acids is 1. The zero-order chi connectivity index (χ0) is 28.4. The number of pyridine rings is 2. The topological polar surface area (TPSA) is 145 Å². The Kier molecular flexibility index (Phi) is 8.99. The maximum atomic E-state index is 12.8. The van der Waals surface area contributed by atoms with Crippen LogP contribution >= 0.6 is 0 Å². The van der Waals surface area contributed by atoms with Crippen LogP contribution in [0.25, 0.3) is 10.8 Å². The molecule has 2 aromatic heterocycles. The molecule has 1 aliphatic carbocycles. The Morgan fingerprint density at radius 3 is 2.54 bits per heavy atom. The molecule has 2 atom stereocenters. The highest BCUT2D eigenvalue weighted by atomic mass is 32.2. The van der Waals surface area contributed by atoms with Crippen molar-refractivity contribution in [2.75, 3.05) is 37.8 Å². The van der Waals surface area contributed by atoms with Crippen molar-refractivity contribution >= 4 is 32.7 Å². The molecule has 2 aromatic rings. The molecule has 39 heavy (non-hydrogen) atoms. The number of sulfonamides is 1. The van der Waals surface area contributed by atoms with Crippen molar-refractivity contribution in [3.05, 3.63) is 30.2 Å². The van der Waals surface area contributed by atoms with Crippen molar-refractivity contribution in [2.24, 2.45) is 0 Å². The molecule has 4 rings (SSSR count). The second-order valence-corrected chi connectivity index (χ2v) is 13.6. The van der Waals surface area contributed by atoms with Crippen LogP contribution in [0.3, 0.4) is 0 Å². The molecule has 0 unspecified atom stereocenters. The van der Waals surface area contributed by atoms with Crippen LogP contribution in [0.5, 0.6) is 0 Å². The number of anilines is 1. The number of nitrogens with one attached hydrogen (secondary N) is 1. The summed E-state index contributed by atoms with van der Waals surface area (Å²) in [7, 11) is -3.35. The first kappa shape index (κ1) is 29.4. The molecule has 2 aliphatic rings. The molecule has 1 saturated carbocycles. The highest BCUT2D eigenvalue weighted by Crippen LogP contribution is 2.37. The molecule has 1 aliphatic heterocycles. The monoisotopic (exact) mass is 563 g/mol. The van der Waals surface area contributed by atoms with E-state index < -0.39 is 27.8 Å². The summed E-state index contributed by atoms with van der Waals surface area (Å²) in [4.78, 5) is 23.7. The number of nitrogens with zero attached hydrogens (tertiary/aromatic N) is 4. The van der Waals surface area contributed by atoms with E-state index in [1.807, 2.05) is 32.9 Å². The van der Waals surface area contributed by atoms with Gasteiger partial charge in [0.1, 0.15) is 11.4 Å². The Labute approximate surface area is 230 Å². The molecular weight excluding hydrogens is 522 g/mol. The molecule has 2 fully saturated rings. The number of ether oxygens (including phenoxy) is 1. The first-order valence-corrected chi connectivity index (χ1v) is 15.5. The van der Waals surface area contributed by atoms with E-state index >= 15 is 0 Å². The van der Waals surface area contributed by atoms with Crippen LogP contribution < -0.4 is 5.32 Å². The van der Waals surface area contributed by atoms with E-state index in [2.05, 4.69) is 10.3 Å². The summed E-state index contributed by atoms with van der Waals surface area (Å²) in [6.45, 7) is 6.03. The van der Waals surface area contributed by atoms with Crippen LogP contribution in [0.15, 0.2) is 24.5 Å². The fourth-order valence-electron chi connectivity index (χ4n) is 5.57. The second-order valence-electron chi connectivity index (χ2n) is 11.6. The summed E-state index contributed by atoms with van der Waals surface area (Å²) >= 11 is 0. The average Bonchev–Trinajstić information content (AvgIpc) is 2.86. The van der Waals surface area contributed by atoms with E-state index in [-0.39, 0.29) is 37.7 Å². The van der Waals surface area contributed by atoms with E-state index in [4.69, 9.17) is 9.72 Å². The number of piperidine rings is 1. The number of carbonyl (C=O) groups is 1. The summed E-state index contributed by atoms with van der Waals surface area (Å²) in [5.74, 6) is 0.819. The molecule has 0 aromatic carbocycles. The molecule has 0 spiro atoms. The Morgan fingerprint density at radius 1 is 1.21 bits per heavy atom. The smallest absolute Gasteiger partial charge is 0.410 e. The number of aliphatic hydroxyl groups is 2. The molecular formula is C27H41N5O6S. The predicted molar refractivity (Wildman–Crippen MR) is 149 cm³/mol. The lowest BCUT2D eigenvalue weighted by atomic mass is 9.82. The zero-order valence-corrected chi connectivity index (χ0v) is 24.0. The van der Waals surface area contributed by atoms with Crippen molar-refractivity contribution in [3.63, 3.8) is 0 Å². The van der Waals surface area contributed by atoms with Crippen molar-refractivity contribution in [2.45, 2.75) is 82.6 Å². The number of β-amino-alcohol motifs (C(OH)–C–C–N with tert-alkyl or cyclic N) is 1. The lowest BCUT2D eigenvalue weighted by Crippen LogP contribution is -2.51. The highest BCUT2D eigenvalue weighted by Gasteiger charge is 2.34. The second kappa shape index (κ2) is 11.9. The number of amides is 1. The molecule has 216 valence electrons. The van der Waals surface area contributed by atoms with E-state index in [9.17, 15) is 23.4 Å². The Bertz CT molecular complexity index is 1260. The summed E-state index contributed by atoms with van der Waals surface area (Å²) in [6.07, 6.45) is 7.22. The van der Waals surface area contributed by atoms with Gasteiger partial charge in [-0.1, -0.05) is 0 Å². The molecule has 0 bridgehead atoms. The highest BCUT2D eigenvalue weighted by molar-refractivity contribution is 7.88. The first-order valence-electron chi connectivity index (χ1n) is 13.6. The number of hydrogen-bond donors (Lipinski definition) is 3. The van der Waals surface area contributed by atoms with Gasteiger partial charge in [-0.3, -0.25) is 4.98 Å². The number of fused-ring (bicyclic) bond motifs is 1. The van der Waals surface area contributed by atoms with Crippen LogP contribution in [0.1, 0.15) is 64.5 Å². The molecule has 1 amide bonds. The van der Waals surface area contributed by atoms with Gasteiger partial charge in [-0.05, 0) is 65.0 Å². The standard InChI is InChI=1S/C27H41N5O6S/c1-27(2,3)38-26(35)32(13-14-33)20-7-5-18(6-8-20)25-21-15-24(29-16-19(21)9-11-28-25)30-22-10-12-31(17-23(22)34)39(4,36)37/h9,11,15-16,18,20,22-23,33-34H,5-8,10,12-14,17H2,1-4H3,(H,29,30)/t18?,20?,22-,23-/m1/s1. The first-order chi connectivity index (χ1) is 18.4. The van der Waals surface area contributed by atoms with Gasteiger partial charge in [0.15, 0.2) is 0 Å². The molecule has 12 heteroatoms. The van der Waals surface area contributed by atoms with Gasteiger partial charge >= 0.3 is 6.09 Å². The molecule has 0 radical (unpaired) electrons. The van der Waals surface area contributed by atoms with Gasteiger partial charge in [0.2, 0.25) is 10.0 Å². The van der Waals surface area contributed by atoms with Gasteiger partial charge in [0.05, 0.1) is 30.7 Å². The predicted octanol–water partition coefficient (Wildman–Crippen LogP) is 2.69. The molecule has 11 nitrogen and oxygen atoms in total. The zero-order valence-electron chi connectivity index (χ0n) is 23.2. The van der Waals surface area contributed by atoms with Gasteiger partial charge < -0.3 is 25.2 Å². The number of hydrogen-bond acceptors (Lipinski definition) is 9. The molecule has 3 heterocycles. The Balaban J connectivity index is 1.46. The number of aromatic nitrogens is 2. The van der Waals surface area contributed by atoms with Gasteiger partial charge in [-0.25, -0.2) is 18.2 Å². The van der Waals surface area contributed by atoms with Crippen molar-refractivity contribution < 1.29 is 28.2 Å². The number of rotatable bonds is 7. The summed E-state index contributed by atoms with van der Waals surface area (Å²) < 4.78 is 30.6. The summed E-state index contributed by atoms with van der Waals surface area (Å²) in [5.41, 5.74) is 0.380. The largest absolute Gasteiger partial charge is 0.444 e. The number of aliphatic hydroxyl groups excluding tert-OH is 2. The molecule has 3 N–H and O–H groups in total. The van der Waals surface area contributed by atoms with Crippen LogP contribution in [0.2, 0.25) is 0 Å². The minimum absolute atomic E-state index is 0.00332. The fourth-order valence-corrected chi connectivity index (χ4v) is 6.43. The van der Waals surface area contributed by atoms with Crippen LogP contribution in [-0.2, 0) is 14.8 Å². The van der Waals surface area contributed by atoms with E-state index in [1.54, 1.807) is 17.3 Å². The van der Waals surface area contributed by atoms with Crippen LogP contribution in [0.4, 0.5) is 10.6 Å². The van der Waals surface area contributed by atoms with E-state index in [0.717, 1.165) is 48.4 Å². The Morgan fingerprint density at radius 2 is 1.92 bits per heavy atom. The van der Waals surface area contributed by atoms with Crippen LogP contribution in [-0.4, -0.2) is 100 Å². The SMILES string of the molecule is CC(C)(C)OC(=O)N(CCO)C1CCC(c2nccc3cnc(N[C@@H]4CCN(S(C)(=O)=O)C[C@H]4O)cc23)CC1. The lowest BCUT2D eigenvalue weighted by molar-refractivity contribution is 0.00756. The molecule has 1 saturated heterocycles. The van der Waals surface area contributed by atoms with E-state index in [1.165, 1.54) is 4.31 Å². The minimum Gasteiger partial charge on any atom is -0.444 e. The van der Waals surface area contributed by atoms with Gasteiger partial charge in [-0.15, -0.1) is 0 Å². The summed E-state index contributed by atoms with van der Waals surface area (Å²) in [6, 6.07) is 3.56. The van der Waals surface area contributed by atoms with Crippen molar-refractivity contribution in [3.8, 4) is 0 Å². The third-order valence-corrected chi connectivity index (χ3v) is 8.79. The van der Waals surface area contributed by atoms with Gasteiger partial charge in [0.25, 0.3) is 0 Å². The van der Waals surface area contributed by atoms with Crippen molar-refractivity contribution in [1.82, 2.24) is 19.2 Å². The minimum atomic E-state index is -3.35. The van der Waals surface area contributed by atoms with E-state index in [0.29, 0.717) is 18.8 Å².